The molecule has 0 saturated heterocycles. The molecule has 0 aliphatic rings. The van der Waals surface area contributed by atoms with Gasteiger partial charge in [0.2, 0.25) is 0 Å². The highest BCUT2D eigenvalue weighted by molar-refractivity contribution is 5.30. The standard InChI is InChI=1S/C14H19N3O2/c1-16(2)13(10-17-8-7-15-14(17)18)11-5-4-6-12(9-11)19-3/h4-9,13H,10H2,1-3H3,(H,15,18). The molecule has 1 aromatic carbocycles. The average Bonchev–Trinajstić information content (AvgIpc) is 2.81. The van der Waals surface area contributed by atoms with E-state index in [0.29, 0.717) is 6.54 Å². The smallest absolute Gasteiger partial charge is 0.325 e. The van der Waals surface area contributed by atoms with Crippen LogP contribution in [-0.4, -0.2) is 35.7 Å². The van der Waals surface area contributed by atoms with Crippen molar-refractivity contribution < 1.29 is 4.74 Å². The number of aromatic nitrogens is 2. The van der Waals surface area contributed by atoms with E-state index in [1.54, 1.807) is 24.1 Å². The lowest BCUT2D eigenvalue weighted by molar-refractivity contribution is 0.266. The molecule has 5 nitrogen and oxygen atoms in total. The second-order valence-corrected chi connectivity index (χ2v) is 4.67. The summed E-state index contributed by atoms with van der Waals surface area (Å²) >= 11 is 0. The first-order chi connectivity index (χ1) is 9.11. The number of aromatic amines is 1. The summed E-state index contributed by atoms with van der Waals surface area (Å²) in [7, 11) is 5.66. The van der Waals surface area contributed by atoms with Gasteiger partial charge in [-0.05, 0) is 31.8 Å². The molecule has 0 saturated carbocycles. The third-order valence-electron chi connectivity index (χ3n) is 3.19. The van der Waals surface area contributed by atoms with Gasteiger partial charge < -0.3 is 14.6 Å². The molecular formula is C14H19N3O2. The average molecular weight is 261 g/mol. The molecule has 0 spiro atoms. The van der Waals surface area contributed by atoms with Crippen molar-refractivity contribution in [3.8, 4) is 5.75 Å². The van der Waals surface area contributed by atoms with Crippen LogP contribution in [0, 0.1) is 0 Å². The van der Waals surface area contributed by atoms with Crippen molar-refractivity contribution in [2.45, 2.75) is 12.6 Å². The van der Waals surface area contributed by atoms with Gasteiger partial charge in [0, 0.05) is 18.9 Å². The number of benzene rings is 1. The van der Waals surface area contributed by atoms with Crippen LogP contribution in [-0.2, 0) is 6.54 Å². The minimum Gasteiger partial charge on any atom is -0.497 e. The molecule has 0 fully saturated rings. The number of H-pyrrole nitrogens is 1. The van der Waals surface area contributed by atoms with Crippen LogP contribution in [0.2, 0.25) is 0 Å². The fourth-order valence-corrected chi connectivity index (χ4v) is 2.09. The summed E-state index contributed by atoms with van der Waals surface area (Å²) in [5.74, 6) is 0.825. The molecule has 0 bridgehead atoms. The second kappa shape index (κ2) is 5.75. The van der Waals surface area contributed by atoms with Gasteiger partial charge in [-0.25, -0.2) is 4.79 Å². The lowest BCUT2D eigenvalue weighted by atomic mass is 10.1. The maximum absolute atomic E-state index is 11.6. The normalized spacial score (nSPS) is 12.6. The Labute approximate surface area is 112 Å². The Kier molecular flexibility index (Phi) is 4.06. The summed E-state index contributed by atoms with van der Waals surface area (Å²) < 4.78 is 6.92. The molecule has 1 atom stereocenters. The first-order valence-corrected chi connectivity index (χ1v) is 6.16. The molecule has 0 amide bonds. The molecular weight excluding hydrogens is 242 g/mol. The molecule has 1 aromatic heterocycles. The molecule has 1 N–H and O–H groups in total. The summed E-state index contributed by atoms with van der Waals surface area (Å²) in [4.78, 5) is 16.3. The molecule has 2 rings (SSSR count). The van der Waals surface area contributed by atoms with Crippen molar-refractivity contribution >= 4 is 0 Å². The summed E-state index contributed by atoms with van der Waals surface area (Å²) in [6.07, 6.45) is 3.42. The minimum atomic E-state index is -0.0882. The van der Waals surface area contributed by atoms with Crippen LogP contribution in [0.25, 0.3) is 0 Å². The minimum absolute atomic E-state index is 0.0882. The van der Waals surface area contributed by atoms with Crippen LogP contribution in [0.4, 0.5) is 0 Å². The van der Waals surface area contributed by atoms with Crippen LogP contribution >= 0.6 is 0 Å². The van der Waals surface area contributed by atoms with Crippen molar-refractivity contribution in [3.63, 3.8) is 0 Å². The third kappa shape index (κ3) is 3.06. The Morgan fingerprint density at radius 1 is 1.42 bits per heavy atom. The highest BCUT2D eigenvalue weighted by Crippen LogP contribution is 2.23. The largest absolute Gasteiger partial charge is 0.497 e. The predicted molar refractivity (Wildman–Crippen MR) is 74.5 cm³/mol. The van der Waals surface area contributed by atoms with Crippen molar-refractivity contribution in [2.24, 2.45) is 0 Å². The first kappa shape index (κ1) is 13.4. The second-order valence-electron chi connectivity index (χ2n) is 4.67. The SMILES string of the molecule is COc1cccc(C(Cn2cc[nH]c2=O)N(C)C)c1. The molecule has 1 unspecified atom stereocenters. The van der Waals surface area contributed by atoms with Crippen LogP contribution in [0.5, 0.6) is 5.75 Å². The highest BCUT2D eigenvalue weighted by Gasteiger charge is 2.16. The molecule has 0 radical (unpaired) electrons. The van der Waals surface area contributed by atoms with Gasteiger partial charge in [-0.15, -0.1) is 0 Å². The number of rotatable bonds is 5. The van der Waals surface area contributed by atoms with Gasteiger partial charge in [-0.1, -0.05) is 12.1 Å². The lowest BCUT2D eigenvalue weighted by Gasteiger charge is -2.25. The number of hydrogen-bond donors (Lipinski definition) is 1. The van der Waals surface area contributed by atoms with Crippen molar-refractivity contribution in [3.05, 3.63) is 52.7 Å². The maximum atomic E-state index is 11.6. The molecule has 102 valence electrons. The van der Waals surface area contributed by atoms with E-state index >= 15 is 0 Å². The van der Waals surface area contributed by atoms with Crippen LogP contribution in [0.15, 0.2) is 41.5 Å². The van der Waals surface area contributed by atoms with E-state index in [9.17, 15) is 4.79 Å². The monoisotopic (exact) mass is 261 g/mol. The van der Waals surface area contributed by atoms with Crippen molar-refractivity contribution in [1.29, 1.82) is 0 Å². The van der Waals surface area contributed by atoms with Crippen molar-refractivity contribution in [2.75, 3.05) is 21.2 Å². The predicted octanol–water partition coefficient (Wildman–Crippen LogP) is 1.49. The molecule has 19 heavy (non-hydrogen) atoms. The Hall–Kier alpha value is -2.01. The zero-order chi connectivity index (χ0) is 13.8. The zero-order valence-electron chi connectivity index (χ0n) is 11.5. The molecule has 1 heterocycles. The first-order valence-electron chi connectivity index (χ1n) is 6.16. The summed E-state index contributed by atoms with van der Waals surface area (Å²) in [6, 6.07) is 8.04. The van der Waals surface area contributed by atoms with E-state index in [2.05, 4.69) is 9.88 Å². The number of methoxy groups -OCH3 is 1. The molecule has 5 heteroatoms. The quantitative estimate of drug-likeness (QED) is 0.887. The number of imidazole rings is 1. The summed E-state index contributed by atoms with van der Waals surface area (Å²) in [5, 5.41) is 0. The van der Waals surface area contributed by atoms with E-state index in [4.69, 9.17) is 4.74 Å². The summed E-state index contributed by atoms with van der Waals surface area (Å²) in [6.45, 7) is 0.600. The summed E-state index contributed by atoms with van der Waals surface area (Å²) in [5.41, 5.74) is 1.03. The number of likely N-dealkylation sites (N-methyl/N-ethyl adjacent to an activating group) is 1. The van der Waals surface area contributed by atoms with E-state index in [1.807, 2.05) is 38.4 Å². The fourth-order valence-electron chi connectivity index (χ4n) is 2.09. The van der Waals surface area contributed by atoms with E-state index in [1.165, 1.54) is 0 Å². The van der Waals surface area contributed by atoms with Gasteiger partial charge in [0.15, 0.2) is 0 Å². The number of nitrogens with one attached hydrogen (secondary N) is 1. The lowest BCUT2D eigenvalue weighted by Crippen LogP contribution is -2.28. The van der Waals surface area contributed by atoms with Crippen molar-refractivity contribution in [1.82, 2.24) is 14.5 Å². The molecule has 2 aromatic rings. The van der Waals surface area contributed by atoms with Crippen LogP contribution < -0.4 is 10.4 Å². The van der Waals surface area contributed by atoms with E-state index in [-0.39, 0.29) is 11.7 Å². The van der Waals surface area contributed by atoms with Gasteiger partial charge in [-0.2, -0.15) is 0 Å². The fraction of sp³-hybridized carbons (Fsp3) is 0.357. The number of nitrogens with zero attached hydrogens (tertiary/aromatic N) is 2. The Morgan fingerprint density at radius 3 is 2.79 bits per heavy atom. The van der Waals surface area contributed by atoms with Gasteiger partial charge in [-0.3, -0.25) is 4.57 Å². The Morgan fingerprint density at radius 2 is 2.21 bits per heavy atom. The highest BCUT2D eigenvalue weighted by atomic mass is 16.5. The Bertz CT molecular complexity index is 586. The maximum Gasteiger partial charge on any atom is 0.325 e. The van der Waals surface area contributed by atoms with Gasteiger partial charge in [0.25, 0.3) is 0 Å². The number of hydrogen-bond acceptors (Lipinski definition) is 3. The Balaban J connectivity index is 2.29. The topological polar surface area (TPSA) is 50.3 Å². The van der Waals surface area contributed by atoms with Crippen LogP contribution in [0.1, 0.15) is 11.6 Å². The third-order valence-corrected chi connectivity index (χ3v) is 3.19. The van der Waals surface area contributed by atoms with E-state index in [0.717, 1.165) is 11.3 Å². The van der Waals surface area contributed by atoms with Gasteiger partial charge >= 0.3 is 5.69 Å². The van der Waals surface area contributed by atoms with Gasteiger partial charge in [0.1, 0.15) is 5.75 Å². The van der Waals surface area contributed by atoms with Gasteiger partial charge in [0.05, 0.1) is 13.2 Å². The van der Waals surface area contributed by atoms with Crippen LogP contribution in [0.3, 0.4) is 0 Å². The van der Waals surface area contributed by atoms with E-state index < -0.39 is 0 Å². The number of ether oxygens (including phenoxy) is 1. The zero-order valence-corrected chi connectivity index (χ0v) is 11.5. The molecule has 0 aliphatic carbocycles. The molecule has 0 aliphatic heterocycles.